The number of aryl methyl sites for hydroxylation is 1. The minimum atomic E-state index is -0.0866. The van der Waals surface area contributed by atoms with Crippen LogP contribution in [0.4, 0.5) is 0 Å². The standard InChI is InChI=1S/C18H22N6O/c1-20-18(22-14-19)21-12-6-3-7-13-24-17(25)11-10-16(23-24)15-8-4-2-5-9-15/h2,4-5,8-11H,3,6-7,12-13H2,1H3,(H2,20,21,22). The maximum atomic E-state index is 12.0. The summed E-state index contributed by atoms with van der Waals surface area (Å²) < 4.78 is 1.52. The molecule has 1 aromatic carbocycles. The van der Waals surface area contributed by atoms with Gasteiger partial charge in [0.05, 0.1) is 5.69 Å². The number of guanidine groups is 1. The van der Waals surface area contributed by atoms with Crippen molar-refractivity contribution >= 4 is 5.96 Å². The number of aliphatic imine (C=N–C) groups is 1. The van der Waals surface area contributed by atoms with Gasteiger partial charge in [-0.1, -0.05) is 30.3 Å². The second-order valence-electron chi connectivity index (χ2n) is 5.44. The lowest BCUT2D eigenvalue weighted by molar-refractivity contribution is 0.521. The lowest BCUT2D eigenvalue weighted by atomic mass is 10.1. The molecule has 0 radical (unpaired) electrons. The monoisotopic (exact) mass is 338 g/mol. The molecule has 130 valence electrons. The van der Waals surface area contributed by atoms with Crippen LogP contribution in [0.1, 0.15) is 19.3 Å². The van der Waals surface area contributed by atoms with Crippen molar-refractivity contribution in [2.45, 2.75) is 25.8 Å². The Morgan fingerprint density at radius 1 is 1.20 bits per heavy atom. The van der Waals surface area contributed by atoms with E-state index >= 15 is 0 Å². The maximum Gasteiger partial charge on any atom is 0.266 e. The van der Waals surface area contributed by atoms with Crippen LogP contribution in [0.15, 0.2) is 52.3 Å². The molecule has 0 saturated heterocycles. The molecule has 1 aromatic heterocycles. The van der Waals surface area contributed by atoms with Crippen molar-refractivity contribution in [1.82, 2.24) is 20.4 Å². The Labute approximate surface area is 147 Å². The average molecular weight is 338 g/mol. The number of nitrogens with zero attached hydrogens (tertiary/aromatic N) is 4. The summed E-state index contributed by atoms with van der Waals surface area (Å²) in [5, 5.41) is 18.5. The van der Waals surface area contributed by atoms with Crippen LogP contribution in [0.5, 0.6) is 0 Å². The van der Waals surface area contributed by atoms with Crippen LogP contribution in [0.25, 0.3) is 11.3 Å². The van der Waals surface area contributed by atoms with Crippen molar-refractivity contribution in [1.29, 1.82) is 5.26 Å². The third kappa shape index (κ3) is 5.77. The maximum absolute atomic E-state index is 12.0. The van der Waals surface area contributed by atoms with Crippen LogP contribution in [0.2, 0.25) is 0 Å². The highest BCUT2D eigenvalue weighted by molar-refractivity contribution is 5.80. The van der Waals surface area contributed by atoms with E-state index in [0.29, 0.717) is 19.0 Å². The Bertz CT molecular complexity index is 791. The molecule has 0 aliphatic carbocycles. The lowest BCUT2D eigenvalue weighted by Gasteiger charge is -2.08. The van der Waals surface area contributed by atoms with Crippen LogP contribution in [0.3, 0.4) is 0 Å². The molecule has 0 saturated carbocycles. The number of nitriles is 1. The third-order valence-corrected chi connectivity index (χ3v) is 3.67. The number of benzene rings is 1. The van der Waals surface area contributed by atoms with Crippen molar-refractivity contribution in [3.63, 3.8) is 0 Å². The van der Waals surface area contributed by atoms with Crippen LogP contribution >= 0.6 is 0 Å². The number of rotatable bonds is 7. The lowest BCUT2D eigenvalue weighted by Crippen LogP contribution is -2.34. The van der Waals surface area contributed by atoms with E-state index in [1.165, 1.54) is 4.68 Å². The van der Waals surface area contributed by atoms with Crippen LogP contribution < -0.4 is 16.2 Å². The predicted octanol–water partition coefficient (Wildman–Crippen LogP) is 1.73. The summed E-state index contributed by atoms with van der Waals surface area (Å²) >= 11 is 0. The first kappa shape index (κ1) is 18.2. The Morgan fingerprint density at radius 3 is 2.72 bits per heavy atom. The Kier molecular flexibility index (Phi) is 7.19. The van der Waals surface area contributed by atoms with E-state index in [0.717, 1.165) is 30.5 Å². The van der Waals surface area contributed by atoms with Crippen LogP contribution in [-0.2, 0) is 6.54 Å². The molecule has 2 aromatic rings. The quantitative estimate of drug-likeness (QED) is 0.263. The predicted molar refractivity (Wildman–Crippen MR) is 97.9 cm³/mol. The van der Waals surface area contributed by atoms with Crippen LogP contribution in [-0.4, -0.2) is 29.3 Å². The highest BCUT2D eigenvalue weighted by atomic mass is 16.1. The van der Waals surface area contributed by atoms with E-state index in [1.54, 1.807) is 19.2 Å². The normalized spacial score (nSPS) is 11.0. The number of nitrogens with one attached hydrogen (secondary N) is 2. The molecular weight excluding hydrogens is 316 g/mol. The molecule has 2 N–H and O–H groups in total. The van der Waals surface area contributed by atoms with Crippen molar-refractivity contribution in [3.05, 3.63) is 52.8 Å². The minimum absolute atomic E-state index is 0.0866. The molecule has 7 nitrogen and oxygen atoms in total. The van der Waals surface area contributed by atoms with Gasteiger partial charge in [-0.15, -0.1) is 0 Å². The van der Waals surface area contributed by atoms with E-state index in [1.807, 2.05) is 36.5 Å². The topological polar surface area (TPSA) is 95.1 Å². The van der Waals surface area contributed by atoms with Crippen molar-refractivity contribution in [2.75, 3.05) is 13.6 Å². The van der Waals surface area contributed by atoms with Gasteiger partial charge >= 0.3 is 0 Å². The number of unbranched alkanes of at least 4 members (excludes halogenated alkanes) is 2. The molecule has 0 amide bonds. The molecular formula is C18H22N6O. The summed E-state index contributed by atoms with van der Waals surface area (Å²) in [6.07, 6.45) is 4.55. The van der Waals surface area contributed by atoms with E-state index in [-0.39, 0.29) is 5.56 Å². The molecule has 0 spiro atoms. The summed E-state index contributed by atoms with van der Waals surface area (Å²) in [4.78, 5) is 15.9. The minimum Gasteiger partial charge on any atom is -0.356 e. The van der Waals surface area contributed by atoms with Gasteiger partial charge in [0.15, 0.2) is 6.19 Å². The third-order valence-electron chi connectivity index (χ3n) is 3.67. The van der Waals surface area contributed by atoms with Gasteiger partial charge in [-0.05, 0) is 25.3 Å². The summed E-state index contributed by atoms with van der Waals surface area (Å²) in [7, 11) is 1.62. The van der Waals surface area contributed by atoms with Crippen LogP contribution in [0, 0.1) is 11.5 Å². The first-order valence-corrected chi connectivity index (χ1v) is 8.24. The van der Waals surface area contributed by atoms with Gasteiger partial charge in [-0.25, -0.2) is 4.68 Å². The van der Waals surface area contributed by atoms with E-state index < -0.39 is 0 Å². The molecule has 0 fully saturated rings. The zero-order chi connectivity index (χ0) is 17.9. The highest BCUT2D eigenvalue weighted by Crippen LogP contribution is 2.14. The average Bonchev–Trinajstić information content (AvgIpc) is 2.65. The summed E-state index contributed by atoms with van der Waals surface area (Å²) in [5.41, 5.74) is 1.71. The zero-order valence-electron chi connectivity index (χ0n) is 14.3. The van der Waals surface area contributed by atoms with Gasteiger partial charge in [-0.3, -0.25) is 15.1 Å². The first-order valence-electron chi connectivity index (χ1n) is 8.24. The zero-order valence-corrected chi connectivity index (χ0v) is 14.3. The summed E-state index contributed by atoms with van der Waals surface area (Å²) in [5.74, 6) is 0.468. The SMILES string of the molecule is CN=C(NC#N)NCCCCCn1nc(-c2ccccc2)ccc1=O. The smallest absolute Gasteiger partial charge is 0.266 e. The van der Waals surface area contributed by atoms with Gasteiger partial charge in [-0.2, -0.15) is 10.4 Å². The first-order chi connectivity index (χ1) is 12.2. The number of hydrogen-bond acceptors (Lipinski definition) is 4. The van der Waals surface area contributed by atoms with E-state index in [4.69, 9.17) is 5.26 Å². The molecule has 0 atom stereocenters. The molecule has 0 aliphatic heterocycles. The van der Waals surface area contributed by atoms with Gasteiger partial charge in [0.2, 0.25) is 5.96 Å². The summed E-state index contributed by atoms with van der Waals surface area (Å²) in [6, 6.07) is 13.1. The Morgan fingerprint density at radius 2 is 2.00 bits per heavy atom. The van der Waals surface area contributed by atoms with Crippen molar-refractivity contribution in [2.24, 2.45) is 4.99 Å². The largest absolute Gasteiger partial charge is 0.356 e. The van der Waals surface area contributed by atoms with Gasteiger partial charge in [0, 0.05) is 31.8 Å². The molecule has 2 rings (SSSR count). The molecule has 0 bridgehead atoms. The highest BCUT2D eigenvalue weighted by Gasteiger charge is 2.03. The van der Waals surface area contributed by atoms with Gasteiger partial charge < -0.3 is 5.32 Å². The molecule has 1 heterocycles. The molecule has 0 unspecified atom stereocenters. The van der Waals surface area contributed by atoms with E-state index in [9.17, 15) is 4.79 Å². The van der Waals surface area contributed by atoms with Gasteiger partial charge in [0.25, 0.3) is 5.56 Å². The van der Waals surface area contributed by atoms with E-state index in [2.05, 4.69) is 20.7 Å². The Hall–Kier alpha value is -3.14. The van der Waals surface area contributed by atoms with Gasteiger partial charge in [0.1, 0.15) is 0 Å². The fourth-order valence-corrected chi connectivity index (χ4v) is 2.37. The molecule has 25 heavy (non-hydrogen) atoms. The van der Waals surface area contributed by atoms with Crippen molar-refractivity contribution in [3.8, 4) is 17.5 Å². The molecule has 0 aliphatic rings. The second kappa shape index (κ2) is 9.88. The fraction of sp³-hybridized carbons (Fsp3) is 0.333. The molecule has 7 heteroatoms. The number of hydrogen-bond donors (Lipinski definition) is 2. The Balaban J connectivity index is 1.81. The van der Waals surface area contributed by atoms with Crippen molar-refractivity contribution < 1.29 is 0 Å². The number of aromatic nitrogens is 2. The second-order valence-corrected chi connectivity index (χ2v) is 5.44. The fourth-order valence-electron chi connectivity index (χ4n) is 2.37. The summed E-state index contributed by atoms with van der Waals surface area (Å²) in [6.45, 7) is 1.30.